The van der Waals surface area contributed by atoms with Crippen LogP contribution < -0.4 is 64.1 Å². The summed E-state index contributed by atoms with van der Waals surface area (Å²) in [6.45, 7) is 1.50. The zero-order valence-corrected chi connectivity index (χ0v) is 18.1. The maximum atomic E-state index is 11.7. The van der Waals surface area contributed by atoms with Gasteiger partial charge < -0.3 is 9.11 Å². The summed E-state index contributed by atoms with van der Waals surface area (Å²) in [5.74, 6) is -0.641. The molecule has 0 atom stereocenters. The van der Waals surface area contributed by atoms with E-state index in [9.17, 15) is 30.7 Å². The van der Waals surface area contributed by atoms with Gasteiger partial charge in [-0.25, -0.2) is 16.8 Å². The second-order valence-electron chi connectivity index (χ2n) is 4.26. The molecule has 114 valence electrons. The van der Waals surface area contributed by atoms with Crippen molar-refractivity contribution in [3.63, 3.8) is 0 Å². The van der Waals surface area contributed by atoms with Crippen LogP contribution in [0.25, 0.3) is 0 Å². The largest absolute Gasteiger partial charge is 1.00 e. The van der Waals surface area contributed by atoms with E-state index < -0.39 is 41.6 Å². The monoisotopic (exact) mass is 378 g/mol. The molecule has 0 aromatic heterocycles. The van der Waals surface area contributed by atoms with E-state index in [2.05, 4.69) is 5.10 Å². The van der Waals surface area contributed by atoms with Gasteiger partial charge in [0.25, 0.3) is 5.91 Å². The molecule has 0 aliphatic carbocycles. The van der Waals surface area contributed by atoms with Crippen molar-refractivity contribution in [2.75, 3.05) is 5.01 Å². The van der Waals surface area contributed by atoms with Crippen LogP contribution in [0, 0.1) is 0 Å². The summed E-state index contributed by atoms with van der Waals surface area (Å²) in [6, 6.07) is 2.00. The second kappa shape index (κ2) is 8.04. The molecule has 0 radical (unpaired) electrons. The van der Waals surface area contributed by atoms with E-state index in [4.69, 9.17) is 0 Å². The van der Waals surface area contributed by atoms with Crippen molar-refractivity contribution in [2.24, 2.45) is 5.10 Å². The molecule has 2 rings (SSSR count). The summed E-state index contributed by atoms with van der Waals surface area (Å²) in [5.41, 5.74) is -0.201. The zero-order valence-electron chi connectivity index (χ0n) is 12.5. The molecule has 9 nitrogen and oxygen atoms in total. The van der Waals surface area contributed by atoms with Crippen molar-refractivity contribution < 1.29 is 89.9 Å². The normalized spacial score (nSPS) is 14.8. The smallest absolute Gasteiger partial charge is 0.744 e. The molecule has 1 aliphatic rings. The van der Waals surface area contributed by atoms with Gasteiger partial charge in [-0.1, -0.05) is 0 Å². The van der Waals surface area contributed by atoms with Gasteiger partial charge in [-0.3, -0.25) is 4.79 Å². The molecular formula is C10H8N2Na2O7S2. The van der Waals surface area contributed by atoms with Crippen LogP contribution in [0.1, 0.15) is 13.3 Å². The van der Waals surface area contributed by atoms with Crippen LogP contribution in [-0.4, -0.2) is 37.6 Å². The summed E-state index contributed by atoms with van der Waals surface area (Å²) in [6.07, 6.45) is -0.104. The molecule has 1 amide bonds. The van der Waals surface area contributed by atoms with Gasteiger partial charge in [0.05, 0.1) is 21.9 Å². The number of rotatable bonds is 3. The van der Waals surface area contributed by atoms with E-state index in [-0.39, 0.29) is 65.5 Å². The van der Waals surface area contributed by atoms with Crippen LogP contribution in [0.5, 0.6) is 0 Å². The molecule has 1 heterocycles. The second-order valence-corrected chi connectivity index (χ2v) is 6.98. The summed E-state index contributed by atoms with van der Waals surface area (Å²) in [5, 5.41) is 4.34. The predicted octanol–water partition coefficient (Wildman–Crippen LogP) is -6.38. The van der Waals surface area contributed by atoms with Crippen LogP contribution in [0.3, 0.4) is 0 Å². The van der Waals surface area contributed by atoms with Gasteiger partial charge in [-0.05, 0) is 25.1 Å². The molecule has 13 heteroatoms. The van der Waals surface area contributed by atoms with Crippen molar-refractivity contribution >= 4 is 37.5 Å². The van der Waals surface area contributed by atoms with E-state index in [1.165, 1.54) is 6.92 Å². The Bertz CT molecular complexity index is 865. The van der Waals surface area contributed by atoms with Gasteiger partial charge in [0, 0.05) is 5.71 Å². The van der Waals surface area contributed by atoms with Crippen molar-refractivity contribution in [1.29, 1.82) is 0 Å². The number of nitrogens with zero attached hydrogens (tertiary/aromatic N) is 2. The Labute approximate surface area is 177 Å². The number of carbonyl (C=O) groups is 1. The Balaban J connectivity index is 0.00000242. The zero-order chi connectivity index (χ0) is 16.0. The van der Waals surface area contributed by atoms with Gasteiger partial charge in [0.1, 0.15) is 20.2 Å². The van der Waals surface area contributed by atoms with E-state index in [0.29, 0.717) is 28.9 Å². The number of hydrazone groups is 1. The summed E-state index contributed by atoms with van der Waals surface area (Å²) in [4.78, 5) is 10.1. The summed E-state index contributed by atoms with van der Waals surface area (Å²) >= 11 is 0. The molecule has 23 heavy (non-hydrogen) atoms. The van der Waals surface area contributed by atoms with E-state index in [1.54, 1.807) is 0 Å². The van der Waals surface area contributed by atoms with Gasteiger partial charge in [-0.15, -0.1) is 0 Å². The Morgan fingerprint density at radius 2 is 1.65 bits per heavy atom. The fourth-order valence-electron chi connectivity index (χ4n) is 1.77. The molecule has 0 saturated heterocycles. The number of carbonyl (C=O) groups excluding carboxylic acids is 1. The van der Waals surface area contributed by atoms with Crippen LogP contribution in [-0.2, 0) is 25.0 Å². The maximum Gasteiger partial charge on any atom is 1.00 e. The minimum atomic E-state index is -4.98. The first-order valence-electron chi connectivity index (χ1n) is 5.43. The Morgan fingerprint density at radius 3 is 2.04 bits per heavy atom. The third-order valence-corrected chi connectivity index (χ3v) is 4.35. The topological polar surface area (TPSA) is 147 Å². The van der Waals surface area contributed by atoms with Crippen molar-refractivity contribution in [1.82, 2.24) is 0 Å². The average molecular weight is 378 g/mol. The number of anilines is 1. The van der Waals surface area contributed by atoms with E-state index >= 15 is 0 Å². The van der Waals surface area contributed by atoms with Gasteiger partial charge >= 0.3 is 59.1 Å². The van der Waals surface area contributed by atoms with Crippen LogP contribution in [0.4, 0.5) is 5.69 Å². The third kappa shape index (κ3) is 5.33. The van der Waals surface area contributed by atoms with Crippen LogP contribution in [0.2, 0.25) is 0 Å². The number of hydrogen-bond acceptors (Lipinski definition) is 8. The first kappa shape index (κ1) is 23.2. The molecular weight excluding hydrogens is 370 g/mol. The minimum Gasteiger partial charge on any atom is -0.744 e. The molecule has 0 N–H and O–H groups in total. The molecule has 1 aliphatic heterocycles. The maximum absolute atomic E-state index is 11.7. The first-order chi connectivity index (χ1) is 9.50. The number of hydrogen-bond donors (Lipinski definition) is 0. The van der Waals surface area contributed by atoms with Crippen molar-refractivity contribution in [3.8, 4) is 0 Å². The molecule has 0 unspecified atom stereocenters. The molecule has 0 spiro atoms. The van der Waals surface area contributed by atoms with E-state index in [0.717, 1.165) is 0 Å². The molecule has 0 saturated carbocycles. The molecule has 1 aromatic carbocycles. The minimum absolute atomic E-state index is 0. The van der Waals surface area contributed by atoms with Crippen molar-refractivity contribution in [3.05, 3.63) is 18.2 Å². The summed E-state index contributed by atoms with van der Waals surface area (Å²) < 4.78 is 66.5. The fourth-order valence-corrected chi connectivity index (χ4v) is 2.90. The van der Waals surface area contributed by atoms with Gasteiger partial charge in [0.15, 0.2) is 0 Å². The Hall–Kier alpha value is 0.180. The number of benzene rings is 1. The fraction of sp³-hybridized carbons (Fsp3) is 0.200. The quantitative estimate of drug-likeness (QED) is 0.375. The van der Waals surface area contributed by atoms with Gasteiger partial charge in [0.2, 0.25) is 0 Å². The first-order valence-corrected chi connectivity index (χ1v) is 8.24. The molecule has 0 fully saturated rings. The van der Waals surface area contributed by atoms with Crippen molar-refractivity contribution in [2.45, 2.75) is 23.1 Å². The summed E-state index contributed by atoms with van der Waals surface area (Å²) in [7, 11) is -9.87. The van der Waals surface area contributed by atoms with Crippen LogP contribution >= 0.6 is 0 Å². The third-order valence-electron chi connectivity index (χ3n) is 2.63. The number of amides is 1. The van der Waals surface area contributed by atoms with Gasteiger partial charge in [-0.2, -0.15) is 10.1 Å². The standard InChI is InChI=1S/C10H10N2O7S2.2Na/c1-6-4-10(13)12(11-6)8-5-7(20(14,15)16)2-3-9(8)21(17,18)19;;/h2-3,5H,4H2,1H3,(H,14,15,16)(H,17,18,19);;/q;2*+1/p-2. The Kier molecular flexibility index (Phi) is 8.10. The average Bonchev–Trinajstić information content (AvgIpc) is 2.65. The Morgan fingerprint density at radius 1 is 1.09 bits per heavy atom. The molecule has 1 aromatic rings. The SMILES string of the molecule is CC1=NN(c2cc(S(=O)(=O)[O-])ccc2S(=O)(=O)[O-])C(=O)C1.[Na+].[Na+]. The molecule has 0 bridgehead atoms. The predicted molar refractivity (Wildman–Crippen MR) is 67.6 cm³/mol. The van der Waals surface area contributed by atoms with Crippen LogP contribution in [0.15, 0.2) is 33.1 Å². The van der Waals surface area contributed by atoms with E-state index in [1.807, 2.05) is 0 Å².